The van der Waals surface area contributed by atoms with E-state index >= 15 is 0 Å². The van der Waals surface area contributed by atoms with Crippen molar-refractivity contribution in [2.75, 3.05) is 19.7 Å². The minimum absolute atomic E-state index is 0.147. The SMILES string of the molecule is CC(C)CCOC(=O)CNCC(C)C. The summed E-state index contributed by atoms with van der Waals surface area (Å²) in [7, 11) is 0. The van der Waals surface area contributed by atoms with Crippen LogP contribution in [0.25, 0.3) is 0 Å². The molecule has 0 fully saturated rings. The van der Waals surface area contributed by atoms with Crippen molar-refractivity contribution >= 4 is 5.97 Å². The third-order valence-electron chi connectivity index (χ3n) is 1.78. The molecule has 0 aromatic rings. The van der Waals surface area contributed by atoms with Gasteiger partial charge in [-0.15, -0.1) is 0 Å². The number of nitrogens with one attached hydrogen (secondary N) is 1. The van der Waals surface area contributed by atoms with Crippen LogP contribution >= 0.6 is 0 Å². The fraction of sp³-hybridized carbons (Fsp3) is 0.909. The molecular weight excluding hydrogens is 178 g/mol. The van der Waals surface area contributed by atoms with Crippen LogP contribution in [0.5, 0.6) is 0 Å². The first kappa shape index (κ1) is 13.4. The average Bonchev–Trinajstić information content (AvgIpc) is 2.02. The van der Waals surface area contributed by atoms with Crippen molar-refractivity contribution in [3.8, 4) is 0 Å². The highest BCUT2D eigenvalue weighted by atomic mass is 16.5. The van der Waals surface area contributed by atoms with Crippen LogP contribution in [-0.4, -0.2) is 25.7 Å². The van der Waals surface area contributed by atoms with Crippen LogP contribution in [0.4, 0.5) is 0 Å². The van der Waals surface area contributed by atoms with Crippen molar-refractivity contribution in [2.24, 2.45) is 11.8 Å². The summed E-state index contributed by atoms with van der Waals surface area (Å²) < 4.78 is 5.03. The maximum atomic E-state index is 11.1. The second-order valence-electron chi connectivity index (χ2n) is 4.43. The second-order valence-corrected chi connectivity index (χ2v) is 4.43. The van der Waals surface area contributed by atoms with E-state index in [0.717, 1.165) is 13.0 Å². The Kier molecular flexibility index (Phi) is 7.48. The zero-order valence-electron chi connectivity index (χ0n) is 9.80. The normalized spacial score (nSPS) is 11.0. The van der Waals surface area contributed by atoms with E-state index in [2.05, 4.69) is 33.0 Å². The third-order valence-corrected chi connectivity index (χ3v) is 1.78. The summed E-state index contributed by atoms with van der Waals surface area (Å²) in [4.78, 5) is 11.1. The minimum atomic E-state index is -0.147. The lowest BCUT2D eigenvalue weighted by Crippen LogP contribution is -2.28. The number of carbonyl (C=O) groups is 1. The summed E-state index contributed by atoms with van der Waals surface area (Å²) in [5.74, 6) is 1.01. The molecule has 0 bridgehead atoms. The maximum Gasteiger partial charge on any atom is 0.319 e. The van der Waals surface area contributed by atoms with Gasteiger partial charge in [0, 0.05) is 0 Å². The van der Waals surface area contributed by atoms with E-state index in [1.807, 2.05) is 0 Å². The summed E-state index contributed by atoms with van der Waals surface area (Å²) in [6.07, 6.45) is 0.940. The predicted molar refractivity (Wildman–Crippen MR) is 58.1 cm³/mol. The molecule has 0 radical (unpaired) electrons. The molecule has 0 unspecified atom stereocenters. The van der Waals surface area contributed by atoms with E-state index in [-0.39, 0.29) is 5.97 Å². The first-order chi connectivity index (χ1) is 6.52. The van der Waals surface area contributed by atoms with Gasteiger partial charge in [0.15, 0.2) is 0 Å². The Morgan fingerprint density at radius 2 is 1.86 bits per heavy atom. The van der Waals surface area contributed by atoms with Gasteiger partial charge in [0.05, 0.1) is 13.2 Å². The second kappa shape index (κ2) is 7.80. The molecule has 14 heavy (non-hydrogen) atoms. The van der Waals surface area contributed by atoms with Crippen molar-refractivity contribution in [3.05, 3.63) is 0 Å². The Labute approximate surface area is 87.2 Å². The van der Waals surface area contributed by atoms with Gasteiger partial charge in [0.1, 0.15) is 0 Å². The molecule has 0 saturated carbocycles. The van der Waals surface area contributed by atoms with Gasteiger partial charge in [0.25, 0.3) is 0 Å². The Morgan fingerprint density at radius 3 is 2.36 bits per heavy atom. The fourth-order valence-corrected chi connectivity index (χ4v) is 0.922. The number of hydrogen-bond donors (Lipinski definition) is 1. The van der Waals surface area contributed by atoms with Crippen molar-refractivity contribution in [1.29, 1.82) is 0 Å². The van der Waals surface area contributed by atoms with E-state index in [4.69, 9.17) is 4.74 Å². The Hall–Kier alpha value is -0.570. The zero-order chi connectivity index (χ0) is 11.0. The Bertz CT molecular complexity index is 139. The fourth-order valence-electron chi connectivity index (χ4n) is 0.922. The van der Waals surface area contributed by atoms with Gasteiger partial charge in [-0.05, 0) is 24.8 Å². The van der Waals surface area contributed by atoms with E-state index in [1.54, 1.807) is 0 Å². The third kappa shape index (κ3) is 9.52. The quantitative estimate of drug-likeness (QED) is 0.639. The summed E-state index contributed by atoms with van der Waals surface area (Å²) in [6.45, 7) is 10.2. The van der Waals surface area contributed by atoms with E-state index < -0.39 is 0 Å². The van der Waals surface area contributed by atoms with Crippen molar-refractivity contribution in [2.45, 2.75) is 34.1 Å². The largest absolute Gasteiger partial charge is 0.465 e. The highest BCUT2D eigenvalue weighted by molar-refractivity contribution is 5.71. The highest BCUT2D eigenvalue weighted by Gasteiger charge is 2.03. The summed E-state index contributed by atoms with van der Waals surface area (Å²) >= 11 is 0. The van der Waals surface area contributed by atoms with E-state index in [9.17, 15) is 4.79 Å². The van der Waals surface area contributed by atoms with Gasteiger partial charge < -0.3 is 10.1 Å². The molecule has 0 aliphatic carbocycles. The molecule has 0 heterocycles. The van der Waals surface area contributed by atoms with Gasteiger partial charge in [-0.2, -0.15) is 0 Å². The van der Waals surface area contributed by atoms with Crippen molar-refractivity contribution < 1.29 is 9.53 Å². The molecule has 0 aromatic carbocycles. The molecule has 84 valence electrons. The molecular formula is C11H23NO2. The van der Waals surface area contributed by atoms with Gasteiger partial charge in [-0.25, -0.2) is 0 Å². The number of esters is 1. The van der Waals surface area contributed by atoms with E-state index in [1.165, 1.54) is 0 Å². The highest BCUT2D eigenvalue weighted by Crippen LogP contribution is 1.98. The van der Waals surface area contributed by atoms with Crippen LogP contribution in [0.3, 0.4) is 0 Å². The standard InChI is InChI=1S/C11H23NO2/c1-9(2)5-6-14-11(13)8-12-7-10(3)4/h9-10,12H,5-8H2,1-4H3. The molecule has 0 rings (SSSR count). The molecule has 0 saturated heterocycles. The number of rotatable bonds is 7. The van der Waals surface area contributed by atoms with Crippen molar-refractivity contribution in [1.82, 2.24) is 5.32 Å². The topological polar surface area (TPSA) is 38.3 Å². The number of ether oxygens (including phenoxy) is 1. The summed E-state index contributed by atoms with van der Waals surface area (Å²) in [5, 5.41) is 3.05. The molecule has 0 atom stereocenters. The average molecular weight is 201 g/mol. The van der Waals surface area contributed by atoms with Gasteiger partial charge in [0.2, 0.25) is 0 Å². The molecule has 0 aliphatic heterocycles. The lowest BCUT2D eigenvalue weighted by molar-refractivity contribution is -0.142. The van der Waals surface area contributed by atoms with Gasteiger partial charge in [-0.3, -0.25) is 4.79 Å². The Morgan fingerprint density at radius 1 is 1.21 bits per heavy atom. The van der Waals surface area contributed by atoms with Crippen LogP contribution in [0, 0.1) is 11.8 Å². The first-order valence-corrected chi connectivity index (χ1v) is 5.38. The summed E-state index contributed by atoms with van der Waals surface area (Å²) in [6, 6.07) is 0. The van der Waals surface area contributed by atoms with Crippen molar-refractivity contribution in [3.63, 3.8) is 0 Å². The molecule has 3 heteroatoms. The van der Waals surface area contributed by atoms with E-state index in [0.29, 0.717) is 25.0 Å². The zero-order valence-corrected chi connectivity index (χ0v) is 9.80. The molecule has 0 spiro atoms. The van der Waals surface area contributed by atoms with Crippen LogP contribution in [0.15, 0.2) is 0 Å². The maximum absolute atomic E-state index is 11.1. The molecule has 1 N–H and O–H groups in total. The van der Waals surface area contributed by atoms with Gasteiger partial charge in [-0.1, -0.05) is 27.7 Å². The summed E-state index contributed by atoms with van der Waals surface area (Å²) in [5.41, 5.74) is 0. The van der Waals surface area contributed by atoms with Gasteiger partial charge >= 0.3 is 5.97 Å². The molecule has 0 amide bonds. The van der Waals surface area contributed by atoms with Crippen LogP contribution in [0.1, 0.15) is 34.1 Å². The monoisotopic (exact) mass is 201 g/mol. The van der Waals surface area contributed by atoms with Crippen LogP contribution in [0.2, 0.25) is 0 Å². The smallest absolute Gasteiger partial charge is 0.319 e. The molecule has 3 nitrogen and oxygen atoms in total. The molecule has 0 aliphatic rings. The lowest BCUT2D eigenvalue weighted by Gasteiger charge is -2.08. The first-order valence-electron chi connectivity index (χ1n) is 5.38. The number of hydrogen-bond acceptors (Lipinski definition) is 3. The van der Waals surface area contributed by atoms with Crippen LogP contribution in [-0.2, 0) is 9.53 Å². The van der Waals surface area contributed by atoms with Crippen LogP contribution < -0.4 is 5.32 Å². The Balaban J connectivity index is 3.28. The minimum Gasteiger partial charge on any atom is -0.465 e. The predicted octanol–water partition coefficient (Wildman–Crippen LogP) is 1.82. The lowest BCUT2D eigenvalue weighted by atomic mass is 10.1. The molecule has 0 aromatic heterocycles. The number of carbonyl (C=O) groups excluding carboxylic acids is 1.